The van der Waals surface area contributed by atoms with Gasteiger partial charge in [0, 0.05) is 21.9 Å². The SMILES string of the molecule is CSc1ccccc1-c1cc(F)cc(OCc2ccc3c(-c4ccoc4)cc(C#N)nc3c2)c1. The Labute approximate surface area is 200 Å². The zero-order chi connectivity index (χ0) is 23.5. The first kappa shape index (κ1) is 21.7. The van der Waals surface area contributed by atoms with Gasteiger partial charge in [0.15, 0.2) is 0 Å². The highest BCUT2D eigenvalue weighted by molar-refractivity contribution is 7.98. The average molecular weight is 467 g/mol. The third kappa shape index (κ3) is 4.39. The molecule has 34 heavy (non-hydrogen) atoms. The largest absolute Gasteiger partial charge is 0.489 e. The van der Waals surface area contributed by atoms with E-state index in [2.05, 4.69) is 11.1 Å². The zero-order valence-electron chi connectivity index (χ0n) is 18.3. The Morgan fingerprint density at radius 2 is 1.88 bits per heavy atom. The van der Waals surface area contributed by atoms with Crippen LogP contribution in [0.2, 0.25) is 0 Å². The molecule has 0 radical (unpaired) electrons. The van der Waals surface area contributed by atoms with Crippen LogP contribution in [0.1, 0.15) is 11.3 Å². The number of benzene rings is 3. The van der Waals surface area contributed by atoms with Crippen LogP contribution in [0.4, 0.5) is 4.39 Å². The second kappa shape index (κ2) is 9.42. The Hall–Kier alpha value is -4.08. The fourth-order valence-corrected chi connectivity index (χ4v) is 4.55. The number of fused-ring (bicyclic) bond motifs is 1. The summed E-state index contributed by atoms with van der Waals surface area (Å²) in [6.45, 7) is 0.239. The number of pyridine rings is 1. The van der Waals surface area contributed by atoms with Gasteiger partial charge >= 0.3 is 0 Å². The number of halogens is 1. The molecule has 0 aliphatic carbocycles. The molecule has 0 aliphatic heterocycles. The lowest BCUT2D eigenvalue weighted by Gasteiger charge is -2.12. The monoisotopic (exact) mass is 466 g/mol. The molecule has 0 fully saturated rings. The highest BCUT2D eigenvalue weighted by Gasteiger charge is 2.11. The predicted molar refractivity (Wildman–Crippen MR) is 132 cm³/mol. The van der Waals surface area contributed by atoms with E-state index in [9.17, 15) is 9.65 Å². The molecule has 3 aromatic carbocycles. The Kier molecular flexibility index (Phi) is 6.03. The van der Waals surface area contributed by atoms with Crippen LogP contribution in [-0.4, -0.2) is 11.2 Å². The van der Waals surface area contributed by atoms with E-state index in [1.54, 1.807) is 30.4 Å². The number of thioether (sulfide) groups is 1. The van der Waals surface area contributed by atoms with Gasteiger partial charge in [-0.1, -0.05) is 30.3 Å². The Balaban J connectivity index is 1.45. The summed E-state index contributed by atoms with van der Waals surface area (Å²) in [5, 5.41) is 10.3. The first-order valence-corrected chi connectivity index (χ1v) is 11.8. The number of rotatable bonds is 6. The second-order valence-electron chi connectivity index (χ2n) is 7.69. The summed E-state index contributed by atoms with van der Waals surface area (Å²) in [6.07, 6.45) is 5.24. The van der Waals surface area contributed by atoms with Crippen LogP contribution >= 0.6 is 11.8 Å². The number of furan rings is 1. The standard InChI is InChI=1S/C28H19FN2O2S/c1-34-28-5-3-2-4-24(28)20-11-21(29)13-23(12-20)33-16-18-6-7-25-26(19-8-9-32-17-19)14-22(15-30)31-27(25)10-18/h2-14,17H,16H2,1H3. The highest BCUT2D eigenvalue weighted by Crippen LogP contribution is 2.33. The van der Waals surface area contributed by atoms with E-state index in [1.807, 2.05) is 60.9 Å². The van der Waals surface area contributed by atoms with Crippen LogP contribution in [0, 0.1) is 17.1 Å². The van der Waals surface area contributed by atoms with Gasteiger partial charge in [-0.2, -0.15) is 5.26 Å². The third-order valence-electron chi connectivity index (χ3n) is 5.52. The quantitative estimate of drug-likeness (QED) is 0.243. The van der Waals surface area contributed by atoms with Crippen molar-refractivity contribution < 1.29 is 13.5 Å². The number of aromatic nitrogens is 1. The molecule has 0 spiro atoms. The Morgan fingerprint density at radius 3 is 2.68 bits per heavy atom. The maximum atomic E-state index is 14.4. The molecule has 0 atom stereocenters. The molecular weight excluding hydrogens is 447 g/mol. The fraction of sp³-hybridized carbons (Fsp3) is 0.0714. The van der Waals surface area contributed by atoms with Crippen LogP contribution < -0.4 is 4.74 Å². The third-order valence-corrected chi connectivity index (χ3v) is 6.31. The van der Waals surface area contributed by atoms with Crippen molar-refractivity contribution in [3.63, 3.8) is 0 Å². The normalized spacial score (nSPS) is 10.9. The van der Waals surface area contributed by atoms with Crippen molar-refractivity contribution >= 4 is 22.7 Å². The van der Waals surface area contributed by atoms with Crippen molar-refractivity contribution in [3.8, 4) is 34.1 Å². The van der Waals surface area contributed by atoms with Crippen molar-refractivity contribution in [1.82, 2.24) is 4.98 Å². The number of nitriles is 1. The Bertz CT molecular complexity index is 1520. The predicted octanol–water partition coefficient (Wildman–Crippen LogP) is 7.47. The van der Waals surface area contributed by atoms with Crippen LogP contribution in [0.3, 0.4) is 0 Å². The minimum absolute atomic E-state index is 0.239. The van der Waals surface area contributed by atoms with E-state index in [4.69, 9.17) is 9.15 Å². The van der Waals surface area contributed by atoms with Crippen LogP contribution in [0.25, 0.3) is 33.2 Å². The van der Waals surface area contributed by atoms with Crippen LogP contribution in [0.5, 0.6) is 5.75 Å². The van der Waals surface area contributed by atoms with E-state index >= 15 is 0 Å². The number of nitrogens with zero attached hydrogens (tertiary/aromatic N) is 2. The lowest BCUT2D eigenvalue weighted by atomic mass is 10.0. The minimum atomic E-state index is -0.355. The van der Waals surface area contributed by atoms with E-state index in [0.29, 0.717) is 17.0 Å². The van der Waals surface area contributed by atoms with Crippen LogP contribution in [-0.2, 0) is 6.61 Å². The molecule has 0 saturated carbocycles. The van der Waals surface area contributed by atoms with Gasteiger partial charge in [-0.15, -0.1) is 11.8 Å². The van der Waals surface area contributed by atoms with Gasteiger partial charge in [0.25, 0.3) is 0 Å². The number of ether oxygens (including phenoxy) is 1. The van der Waals surface area contributed by atoms with E-state index in [-0.39, 0.29) is 12.4 Å². The lowest BCUT2D eigenvalue weighted by Crippen LogP contribution is -1.98. The lowest BCUT2D eigenvalue weighted by molar-refractivity contribution is 0.305. The topological polar surface area (TPSA) is 59.0 Å². The first-order valence-electron chi connectivity index (χ1n) is 10.6. The molecule has 5 rings (SSSR count). The van der Waals surface area contributed by atoms with Gasteiger partial charge in [0.05, 0.1) is 18.0 Å². The van der Waals surface area contributed by atoms with Gasteiger partial charge in [0.1, 0.15) is 29.9 Å². The molecule has 4 nitrogen and oxygen atoms in total. The maximum Gasteiger partial charge on any atom is 0.141 e. The molecule has 2 aromatic heterocycles. The van der Waals surface area contributed by atoms with Crippen molar-refractivity contribution in [1.29, 1.82) is 5.26 Å². The van der Waals surface area contributed by atoms with E-state index in [1.165, 1.54) is 12.1 Å². The fourth-order valence-electron chi connectivity index (χ4n) is 3.93. The minimum Gasteiger partial charge on any atom is -0.489 e. The first-order chi connectivity index (χ1) is 16.6. The summed E-state index contributed by atoms with van der Waals surface area (Å²) < 4.78 is 25.6. The summed E-state index contributed by atoms with van der Waals surface area (Å²) in [5.41, 5.74) is 5.36. The van der Waals surface area contributed by atoms with Crippen molar-refractivity contribution in [2.24, 2.45) is 0 Å². The molecule has 0 unspecified atom stereocenters. The summed E-state index contributed by atoms with van der Waals surface area (Å²) in [6, 6.07) is 24.2. The van der Waals surface area contributed by atoms with Crippen molar-refractivity contribution in [3.05, 3.63) is 102 Å². The van der Waals surface area contributed by atoms with Gasteiger partial charge in [0.2, 0.25) is 0 Å². The van der Waals surface area contributed by atoms with Crippen molar-refractivity contribution in [2.45, 2.75) is 11.5 Å². The van der Waals surface area contributed by atoms with Gasteiger partial charge < -0.3 is 9.15 Å². The van der Waals surface area contributed by atoms with Crippen molar-refractivity contribution in [2.75, 3.05) is 6.26 Å². The molecule has 0 bridgehead atoms. The Morgan fingerprint density at radius 1 is 1.00 bits per heavy atom. The van der Waals surface area contributed by atoms with E-state index in [0.717, 1.165) is 38.1 Å². The second-order valence-corrected chi connectivity index (χ2v) is 8.54. The molecule has 0 aliphatic rings. The van der Waals surface area contributed by atoms with E-state index < -0.39 is 0 Å². The summed E-state index contributed by atoms with van der Waals surface area (Å²) in [5.74, 6) is 0.0934. The molecule has 166 valence electrons. The van der Waals surface area contributed by atoms with Gasteiger partial charge in [-0.25, -0.2) is 9.37 Å². The average Bonchev–Trinajstić information content (AvgIpc) is 3.41. The van der Waals surface area contributed by atoms with Gasteiger partial charge in [-0.05, 0) is 64.9 Å². The maximum absolute atomic E-state index is 14.4. The molecular formula is C28H19FN2O2S. The summed E-state index contributed by atoms with van der Waals surface area (Å²) >= 11 is 1.62. The molecule has 5 aromatic rings. The summed E-state index contributed by atoms with van der Waals surface area (Å²) in [7, 11) is 0. The molecule has 0 amide bonds. The number of hydrogen-bond donors (Lipinski definition) is 0. The molecule has 0 saturated heterocycles. The zero-order valence-corrected chi connectivity index (χ0v) is 19.1. The number of hydrogen-bond acceptors (Lipinski definition) is 5. The molecule has 6 heteroatoms. The molecule has 2 heterocycles. The molecule has 0 N–H and O–H groups in total. The summed E-state index contributed by atoms with van der Waals surface area (Å²) in [4.78, 5) is 5.53. The van der Waals surface area contributed by atoms with Crippen LogP contribution in [0.15, 0.2) is 94.6 Å². The highest BCUT2D eigenvalue weighted by atomic mass is 32.2. The smallest absolute Gasteiger partial charge is 0.141 e. The van der Waals surface area contributed by atoms with Gasteiger partial charge in [-0.3, -0.25) is 0 Å².